The third-order valence-corrected chi connectivity index (χ3v) is 1.47. The molecule has 1 aromatic carbocycles. The zero-order chi connectivity index (χ0) is 8.10. The standard InChI is InChI=1S/C9H10O2/c10-9(11)7-6-8-4-2-1-3-5-8/h1-5H,6-7H2,(H,10,11)/i6+1,7+1. The molecule has 1 aromatic rings. The minimum Gasteiger partial charge on any atom is -0.481 e. The van der Waals surface area contributed by atoms with Crippen molar-refractivity contribution in [3.8, 4) is 0 Å². The van der Waals surface area contributed by atoms with E-state index in [0.717, 1.165) is 5.56 Å². The van der Waals surface area contributed by atoms with Gasteiger partial charge in [-0.1, -0.05) is 30.3 Å². The van der Waals surface area contributed by atoms with Gasteiger partial charge in [-0.3, -0.25) is 4.79 Å². The molecule has 0 heterocycles. The van der Waals surface area contributed by atoms with E-state index in [-0.39, 0.29) is 6.42 Å². The number of carboxylic acids is 1. The smallest absolute Gasteiger partial charge is 0.303 e. The van der Waals surface area contributed by atoms with Crippen LogP contribution in [0.1, 0.15) is 12.0 Å². The fourth-order valence-electron chi connectivity index (χ4n) is 0.896. The molecular weight excluding hydrogens is 142 g/mol. The Hall–Kier alpha value is -1.31. The van der Waals surface area contributed by atoms with E-state index in [9.17, 15) is 4.79 Å². The van der Waals surface area contributed by atoms with E-state index >= 15 is 0 Å². The normalized spacial score (nSPS) is 9.45. The maximum atomic E-state index is 10.2. The maximum absolute atomic E-state index is 10.2. The van der Waals surface area contributed by atoms with E-state index in [0.29, 0.717) is 6.42 Å². The second-order valence-corrected chi connectivity index (χ2v) is 2.38. The lowest BCUT2D eigenvalue weighted by molar-refractivity contribution is -0.136. The highest BCUT2D eigenvalue weighted by atomic mass is 16.4. The molecule has 0 aliphatic carbocycles. The highest BCUT2D eigenvalue weighted by Gasteiger charge is 1.96. The number of hydrogen-bond donors (Lipinski definition) is 1. The zero-order valence-corrected chi connectivity index (χ0v) is 6.16. The van der Waals surface area contributed by atoms with E-state index in [1.54, 1.807) is 0 Å². The molecule has 0 aliphatic heterocycles. The number of benzene rings is 1. The maximum Gasteiger partial charge on any atom is 0.303 e. The van der Waals surface area contributed by atoms with Crippen LogP contribution in [-0.4, -0.2) is 11.1 Å². The Kier molecular flexibility index (Phi) is 2.66. The van der Waals surface area contributed by atoms with E-state index in [2.05, 4.69) is 0 Å². The second-order valence-electron chi connectivity index (χ2n) is 2.38. The lowest BCUT2D eigenvalue weighted by Gasteiger charge is -1.95. The highest BCUT2D eigenvalue weighted by Crippen LogP contribution is 2.01. The molecule has 0 spiro atoms. The Morgan fingerprint density at radius 3 is 2.45 bits per heavy atom. The monoisotopic (exact) mass is 152 g/mol. The fraction of sp³-hybridized carbons (Fsp3) is 0.222. The van der Waals surface area contributed by atoms with Crippen molar-refractivity contribution in [1.29, 1.82) is 0 Å². The van der Waals surface area contributed by atoms with E-state index < -0.39 is 5.97 Å². The molecular formula is C9H10O2. The first kappa shape index (κ1) is 7.79. The van der Waals surface area contributed by atoms with Crippen LogP contribution < -0.4 is 0 Å². The Labute approximate surface area is 65.5 Å². The Balaban J connectivity index is 2.45. The van der Waals surface area contributed by atoms with Crippen molar-refractivity contribution in [1.82, 2.24) is 0 Å². The van der Waals surface area contributed by atoms with Crippen molar-refractivity contribution in [3.63, 3.8) is 0 Å². The second kappa shape index (κ2) is 3.76. The number of hydrogen-bond acceptors (Lipinski definition) is 1. The number of carboxylic acid groups (broad SMARTS) is 1. The third-order valence-electron chi connectivity index (χ3n) is 1.47. The van der Waals surface area contributed by atoms with Crippen molar-refractivity contribution in [2.45, 2.75) is 12.8 Å². The molecule has 0 radical (unpaired) electrons. The first-order valence-electron chi connectivity index (χ1n) is 3.55. The van der Waals surface area contributed by atoms with Crippen molar-refractivity contribution in [2.24, 2.45) is 0 Å². The van der Waals surface area contributed by atoms with Gasteiger partial charge in [0.25, 0.3) is 0 Å². The first-order chi connectivity index (χ1) is 5.29. The van der Waals surface area contributed by atoms with Gasteiger partial charge in [0, 0.05) is 6.42 Å². The van der Waals surface area contributed by atoms with Crippen LogP contribution >= 0.6 is 0 Å². The fourth-order valence-corrected chi connectivity index (χ4v) is 0.896. The van der Waals surface area contributed by atoms with Crippen molar-refractivity contribution >= 4 is 5.97 Å². The molecule has 0 amide bonds. The molecule has 2 nitrogen and oxygen atoms in total. The van der Waals surface area contributed by atoms with Crippen LogP contribution in [0, 0.1) is 0 Å². The van der Waals surface area contributed by atoms with Gasteiger partial charge in [-0.15, -0.1) is 0 Å². The molecule has 0 saturated carbocycles. The van der Waals surface area contributed by atoms with Gasteiger partial charge in [-0.25, -0.2) is 0 Å². The minimum atomic E-state index is -0.742. The quantitative estimate of drug-likeness (QED) is 0.669. The third kappa shape index (κ3) is 2.85. The van der Waals surface area contributed by atoms with Crippen LogP contribution in [0.5, 0.6) is 0 Å². The summed E-state index contributed by atoms with van der Waals surface area (Å²) in [6.45, 7) is 0. The van der Waals surface area contributed by atoms with Gasteiger partial charge in [0.15, 0.2) is 0 Å². The molecule has 0 aliphatic rings. The molecule has 0 fully saturated rings. The van der Waals surface area contributed by atoms with Crippen LogP contribution in [-0.2, 0) is 11.2 Å². The number of aliphatic carboxylic acids is 1. The van der Waals surface area contributed by atoms with Gasteiger partial charge in [-0.2, -0.15) is 0 Å². The summed E-state index contributed by atoms with van der Waals surface area (Å²) in [5.41, 5.74) is 1.08. The summed E-state index contributed by atoms with van der Waals surface area (Å²) in [5.74, 6) is -0.742. The summed E-state index contributed by atoms with van der Waals surface area (Å²) < 4.78 is 0. The summed E-state index contributed by atoms with van der Waals surface area (Å²) in [4.78, 5) is 10.2. The zero-order valence-electron chi connectivity index (χ0n) is 6.16. The summed E-state index contributed by atoms with van der Waals surface area (Å²) in [7, 11) is 0. The van der Waals surface area contributed by atoms with Crippen LogP contribution in [0.3, 0.4) is 0 Å². The molecule has 0 bridgehead atoms. The van der Waals surface area contributed by atoms with Crippen molar-refractivity contribution in [2.75, 3.05) is 0 Å². The molecule has 0 unspecified atom stereocenters. The molecule has 58 valence electrons. The van der Waals surface area contributed by atoms with Gasteiger partial charge in [-0.05, 0) is 12.0 Å². The summed E-state index contributed by atoms with van der Waals surface area (Å²) in [6, 6.07) is 9.62. The van der Waals surface area contributed by atoms with Gasteiger partial charge in [0.1, 0.15) is 0 Å². The molecule has 1 N–H and O–H groups in total. The van der Waals surface area contributed by atoms with E-state index in [1.807, 2.05) is 30.3 Å². The lowest BCUT2D eigenvalue weighted by Crippen LogP contribution is -1.96. The summed E-state index contributed by atoms with van der Waals surface area (Å²) >= 11 is 0. The SMILES string of the molecule is O=C(O)[13CH2][13CH2]c1ccccc1. The number of carbonyl (C=O) groups is 1. The first-order valence-corrected chi connectivity index (χ1v) is 3.55. The van der Waals surface area contributed by atoms with Crippen molar-refractivity contribution in [3.05, 3.63) is 35.9 Å². The van der Waals surface area contributed by atoms with Crippen LogP contribution in [0.15, 0.2) is 30.3 Å². The van der Waals surface area contributed by atoms with Crippen LogP contribution in [0.4, 0.5) is 0 Å². The molecule has 0 saturated heterocycles. The minimum absolute atomic E-state index is 0.212. The average Bonchev–Trinajstić information content (AvgIpc) is 2.03. The highest BCUT2D eigenvalue weighted by molar-refractivity contribution is 5.67. The van der Waals surface area contributed by atoms with Crippen LogP contribution in [0.2, 0.25) is 0 Å². The number of aryl methyl sites for hydroxylation is 1. The van der Waals surface area contributed by atoms with Gasteiger partial charge >= 0.3 is 5.97 Å². The summed E-state index contributed by atoms with van der Waals surface area (Å²) in [6.07, 6.45) is 0.834. The Bertz CT molecular complexity index is 229. The number of rotatable bonds is 3. The lowest BCUT2D eigenvalue weighted by atomic mass is 10.3. The van der Waals surface area contributed by atoms with Crippen LogP contribution in [0.25, 0.3) is 0 Å². The predicted octanol–water partition coefficient (Wildman–Crippen LogP) is 1.70. The van der Waals surface area contributed by atoms with Gasteiger partial charge in [0.05, 0.1) is 0 Å². The average molecular weight is 152 g/mol. The Morgan fingerprint density at radius 2 is 1.91 bits per heavy atom. The van der Waals surface area contributed by atoms with E-state index in [1.165, 1.54) is 0 Å². The van der Waals surface area contributed by atoms with Gasteiger partial charge < -0.3 is 5.11 Å². The van der Waals surface area contributed by atoms with Crippen molar-refractivity contribution < 1.29 is 9.90 Å². The molecule has 11 heavy (non-hydrogen) atoms. The topological polar surface area (TPSA) is 37.3 Å². The Morgan fingerprint density at radius 1 is 1.27 bits per heavy atom. The van der Waals surface area contributed by atoms with Gasteiger partial charge in [0.2, 0.25) is 0 Å². The molecule has 0 atom stereocenters. The molecule has 1 rings (SSSR count). The molecule has 0 aromatic heterocycles. The predicted molar refractivity (Wildman–Crippen MR) is 42.4 cm³/mol. The largest absolute Gasteiger partial charge is 0.481 e. The van der Waals surface area contributed by atoms with E-state index in [4.69, 9.17) is 5.11 Å². The molecule has 2 heteroatoms. The summed E-state index contributed by atoms with van der Waals surface area (Å²) in [5, 5.41) is 8.37.